The van der Waals surface area contributed by atoms with Crippen molar-refractivity contribution >= 4 is 35.0 Å². The van der Waals surface area contributed by atoms with E-state index in [4.69, 9.17) is 16.7 Å². The fourth-order valence-corrected chi connectivity index (χ4v) is 4.76. The average Bonchev–Trinajstić information content (AvgIpc) is 2.96. The van der Waals surface area contributed by atoms with Crippen molar-refractivity contribution in [3.05, 3.63) is 64.2 Å². The van der Waals surface area contributed by atoms with E-state index >= 15 is 0 Å². The second-order valence-electron chi connectivity index (χ2n) is 6.26. The van der Waals surface area contributed by atoms with Crippen LogP contribution in [0.15, 0.2) is 52.5 Å². The molecule has 0 unspecified atom stereocenters. The first kappa shape index (κ1) is 15.7. The van der Waals surface area contributed by atoms with E-state index < -0.39 is 0 Å². The lowest BCUT2D eigenvalue weighted by atomic mass is 9.87. The maximum atomic E-state index is 12.2. The van der Waals surface area contributed by atoms with Gasteiger partial charge in [0, 0.05) is 34.1 Å². The number of benzene rings is 2. The summed E-state index contributed by atoms with van der Waals surface area (Å²) in [5, 5.41) is 7.04. The minimum absolute atomic E-state index is 0.0314. The van der Waals surface area contributed by atoms with Crippen molar-refractivity contribution < 1.29 is 4.79 Å². The summed E-state index contributed by atoms with van der Waals surface area (Å²) in [4.78, 5) is 13.4. The van der Waals surface area contributed by atoms with Gasteiger partial charge in [0.15, 0.2) is 0 Å². The van der Waals surface area contributed by atoms with Gasteiger partial charge in [-0.1, -0.05) is 41.4 Å². The molecule has 0 saturated carbocycles. The molecule has 5 heteroatoms. The molecular weight excluding hydrogens is 340 g/mol. The van der Waals surface area contributed by atoms with Crippen LogP contribution >= 0.6 is 23.4 Å². The molecule has 2 aromatic carbocycles. The van der Waals surface area contributed by atoms with Crippen LogP contribution in [0.2, 0.25) is 5.02 Å². The molecule has 2 aromatic rings. The summed E-state index contributed by atoms with van der Waals surface area (Å²) >= 11 is 8.00. The third-order valence-corrected chi connectivity index (χ3v) is 6.02. The molecule has 0 radical (unpaired) electrons. The Bertz CT molecular complexity index is 847. The average molecular weight is 357 g/mol. The Balaban J connectivity index is 1.81. The number of carbonyl (C=O) groups excluding carboxylic acids is 1. The number of thioether (sulfide) groups is 1. The van der Waals surface area contributed by atoms with Gasteiger partial charge in [-0.05, 0) is 30.7 Å². The fourth-order valence-electron chi connectivity index (χ4n) is 3.41. The summed E-state index contributed by atoms with van der Waals surface area (Å²) in [6, 6.07) is 14.3. The Labute approximate surface area is 150 Å². The zero-order chi connectivity index (χ0) is 16.8. The molecule has 3 nitrogen and oxygen atoms in total. The summed E-state index contributed by atoms with van der Waals surface area (Å²) in [7, 11) is 0. The van der Waals surface area contributed by atoms with Crippen LogP contribution in [0.5, 0.6) is 0 Å². The number of hydrazone groups is 1. The molecule has 0 N–H and O–H groups in total. The molecule has 0 aliphatic carbocycles. The van der Waals surface area contributed by atoms with Crippen LogP contribution in [0.3, 0.4) is 0 Å². The number of fused-ring (bicyclic) bond motifs is 3. The molecule has 2 heterocycles. The van der Waals surface area contributed by atoms with E-state index in [1.54, 1.807) is 11.9 Å². The summed E-state index contributed by atoms with van der Waals surface area (Å²) in [6.45, 7) is 3.65. The number of nitrogens with zero attached hydrogens (tertiary/aromatic N) is 2. The van der Waals surface area contributed by atoms with Gasteiger partial charge in [0.05, 0.1) is 11.8 Å². The van der Waals surface area contributed by atoms with E-state index in [0.29, 0.717) is 5.02 Å². The first-order valence-corrected chi connectivity index (χ1v) is 9.28. The number of aryl methyl sites for hydroxylation is 1. The smallest absolute Gasteiger partial charge is 0.240 e. The Kier molecular flexibility index (Phi) is 3.89. The SMILES string of the molecule is CC(=O)N1N=C2c3cc(Cl)ccc3SC[C@H]2[C@@H]1c1ccc(C)cc1. The number of amides is 1. The predicted octanol–water partition coefficient (Wildman–Crippen LogP) is 4.68. The quantitative estimate of drug-likeness (QED) is 0.743. The first-order chi connectivity index (χ1) is 11.5. The van der Waals surface area contributed by atoms with Crippen LogP contribution in [0.25, 0.3) is 0 Å². The Morgan fingerprint density at radius 1 is 1.25 bits per heavy atom. The summed E-state index contributed by atoms with van der Waals surface area (Å²) in [6.07, 6.45) is 0. The van der Waals surface area contributed by atoms with Gasteiger partial charge in [0.25, 0.3) is 0 Å². The minimum Gasteiger partial charge on any atom is -0.273 e. The second kappa shape index (κ2) is 5.94. The van der Waals surface area contributed by atoms with E-state index in [0.717, 1.165) is 22.6 Å². The molecule has 2 aliphatic heterocycles. The van der Waals surface area contributed by atoms with Crippen molar-refractivity contribution in [2.24, 2.45) is 11.0 Å². The molecule has 2 aliphatic rings. The topological polar surface area (TPSA) is 32.7 Å². The normalized spacial score (nSPS) is 22.0. The molecule has 0 fully saturated rings. The van der Waals surface area contributed by atoms with Crippen LogP contribution in [-0.2, 0) is 4.79 Å². The zero-order valence-corrected chi connectivity index (χ0v) is 15.1. The zero-order valence-electron chi connectivity index (χ0n) is 13.5. The maximum Gasteiger partial charge on any atom is 0.240 e. The number of halogens is 1. The summed E-state index contributed by atoms with van der Waals surface area (Å²) in [5.41, 5.74) is 4.38. The number of rotatable bonds is 1. The van der Waals surface area contributed by atoms with E-state index in [1.165, 1.54) is 10.5 Å². The predicted molar refractivity (Wildman–Crippen MR) is 98.6 cm³/mol. The highest BCUT2D eigenvalue weighted by atomic mass is 35.5. The lowest BCUT2D eigenvalue weighted by Crippen LogP contribution is -2.31. The first-order valence-electron chi connectivity index (χ1n) is 7.92. The van der Waals surface area contributed by atoms with Crippen molar-refractivity contribution in [2.45, 2.75) is 24.8 Å². The summed E-state index contributed by atoms with van der Waals surface area (Å²) < 4.78 is 0. The highest BCUT2D eigenvalue weighted by Crippen LogP contribution is 2.45. The van der Waals surface area contributed by atoms with Crippen molar-refractivity contribution in [3.8, 4) is 0 Å². The third-order valence-electron chi connectivity index (χ3n) is 4.59. The van der Waals surface area contributed by atoms with E-state index in [1.807, 2.05) is 30.0 Å². The van der Waals surface area contributed by atoms with Crippen molar-refractivity contribution in [1.82, 2.24) is 5.01 Å². The van der Waals surface area contributed by atoms with Crippen molar-refractivity contribution in [2.75, 3.05) is 5.75 Å². The molecule has 0 aromatic heterocycles. The molecule has 0 saturated heterocycles. The minimum atomic E-state index is -0.0438. The van der Waals surface area contributed by atoms with E-state index in [2.05, 4.69) is 31.2 Å². The Morgan fingerprint density at radius 3 is 2.71 bits per heavy atom. The molecule has 24 heavy (non-hydrogen) atoms. The highest BCUT2D eigenvalue weighted by molar-refractivity contribution is 7.99. The van der Waals surface area contributed by atoms with Gasteiger partial charge in [0.2, 0.25) is 5.91 Å². The van der Waals surface area contributed by atoms with Gasteiger partial charge in [-0.15, -0.1) is 11.8 Å². The lowest BCUT2D eigenvalue weighted by Gasteiger charge is -2.29. The molecule has 4 rings (SSSR count). The molecule has 0 bridgehead atoms. The number of hydrogen-bond donors (Lipinski definition) is 0. The molecule has 2 atom stereocenters. The lowest BCUT2D eigenvalue weighted by molar-refractivity contribution is -0.131. The van der Waals surface area contributed by atoms with Crippen LogP contribution < -0.4 is 0 Å². The Hall–Kier alpha value is -1.78. The fraction of sp³-hybridized carbons (Fsp3) is 0.263. The largest absolute Gasteiger partial charge is 0.273 e. The number of hydrogen-bond acceptors (Lipinski definition) is 3. The monoisotopic (exact) mass is 356 g/mol. The van der Waals surface area contributed by atoms with E-state index in [9.17, 15) is 4.79 Å². The van der Waals surface area contributed by atoms with Crippen molar-refractivity contribution in [3.63, 3.8) is 0 Å². The van der Waals surface area contributed by atoms with Gasteiger partial charge in [-0.25, -0.2) is 5.01 Å². The molecule has 122 valence electrons. The standard InChI is InChI=1S/C19H17ClN2OS/c1-11-3-5-13(6-4-11)19-16-10-24-17-8-7-14(20)9-15(17)18(16)21-22(19)12(2)23/h3-9,16,19H,10H2,1-2H3/t16-,19+/m1/s1. The molecule has 1 amide bonds. The highest BCUT2D eigenvalue weighted by Gasteiger charge is 2.43. The summed E-state index contributed by atoms with van der Waals surface area (Å²) in [5.74, 6) is 1.07. The molecule has 0 spiro atoms. The van der Waals surface area contributed by atoms with Crippen LogP contribution in [0.1, 0.15) is 29.7 Å². The Morgan fingerprint density at radius 2 is 2.00 bits per heavy atom. The van der Waals surface area contributed by atoms with Gasteiger partial charge in [0.1, 0.15) is 0 Å². The maximum absolute atomic E-state index is 12.2. The van der Waals surface area contributed by atoms with E-state index in [-0.39, 0.29) is 17.9 Å². The van der Waals surface area contributed by atoms with Crippen molar-refractivity contribution in [1.29, 1.82) is 0 Å². The second-order valence-corrected chi connectivity index (χ2v) is 7.76. The van der Waals surface area contributed by atoms with Crippen LogP contribution in [0, 0.1) is 12.8 Å². The van der Waals surface area contributed by atoms with Crippen LogP contribution in [-0.4, -0.2) is 22.4 Å². The van der Waals surface area contributed by atoms with Gasteiger partial charge < -0.3 is 0 Å². The number of carbonyl (C=O) groups is 1. The van der Waals surface area contributed by atoms with Gasteiger partial charge >= 0.3 is 0 Å². The third kappa shape index (κ3) is 2.54. The van der Waals surface area contributed by atoms with Gasteiger partial charge in [-0.2, -0.15) is 5.10 Å². The molecular formula is C19H17ClN2OS. The van der Waals surface area contributed by atoms with Crippen LogP contribution in [0.4, 0.5) is 0 Å². The van der Waals surface area contributed by atoms with Gasteiger partial charge in [-0.3, -0.25) is 4.79 Å².